The summed E-state index contributed by atoms with van der Waals surface area (Å²) in [6.07, 6.45) is 2.46. The highest BCUT2D eigenvalue weighted by Crippen LogP contribution is 2.07. The van der Waals surface area contributed by atoms with Crippen molar-refractivity contribution in [2.24, 2.45) is 7.05 Å². The molecule has 0 saturated carbocycles. The molecule has 17 heavy (non-hydrogen) atoms. The van der Waals surface area contributed by atoms with Gasteiger partial charge < -0.3 is 15.6 Å². The van der Waals surface area contributed by atoms with E-state index < -0.39 is 0 Å². The summed E-state index contributed by atoms with van der Waals surface area (Å²) in [6.45, 7) is 2.61. The summed E-state index contributed by atoms with van der Waals surface area (Å²) < 4.78 is 1.89. The van der Waals surface area contributed by atoms with Crippen LogP contribution in [0.3, 0.4) is 0 Å². The number of nitrogens with zero attached hydrogens (tertiary/aromatic N) is 5. The topological polar surface area (TPSA) is 94.5 Å². The lowest BCUT2D eigenvalue weighted by molar-refractivity contribution is 0.787. The van der Waals surface area contributed by atoms with Crippen molar-refractivity contribution >= 4 is 11.8 Å². The van der Waals surface area contributed by atoms with Gasteiger partial charge >= 0.3 is 0 Å². The van der Waals surface area contributed by atoms with Gasteiger partial charge in [0.15, 0.2) is 0 Å². The van der Waals surface area contributed by atoms with Crippen LogP contribution in [0.5, 0.6) is 0 Å². The van der Waals surface area contributed by atoms with Crippen LogP contribution >= 0.6 is 0 Å². The summed E-state index contributed by atoms with van der Waals surface area (Å²) in [4.78, 5) is 8.09. The van der Waals surface area contributed by atoms with Crippen molar-refractivity contribution in [3.63, 3.8) is 0 Å². The predicted octanol–water partition coefficient (Wildman–Crippen LogP) is 0.150. The molecule has 0 amide bonds. The molecule has 0 aliphatic carbocycles. The van der Waals surface area contributed by atoms with Crippen LogP contribution in [0.25, 0.3) is 0 Å². The minimum Gasteiger partial charge on any atom is -0.369 e. The molecule has 0 bridgehead atoms. The molecule has 2 heterocycles. The van der Waals surface area contributed by atoms with E-state index in [-0.39, 0.29) is 5.95 Å². The number of rotatable bonds is 4. The molecular weight excluding hydrogens is 218 g/mol. The normalized spacial score (nSPS) is 10.5. The zero-order valence-electron chi connectivity index (χ0n) is 9.88. The Morgan fingerprint density at radius 1 is 1.41 bits per heavy atom. The van der Waals surface area contributed by atoms with E-state index in [1.54, 1.807) is 6.33 Å². The second-order valence-electron chi connectivity index (χ2n) is 3.79. The van der Waals surface area contributed by atoms with Crippen molar-refractivity contribution in [2.75, 3.05) is 17.6 Å². The van der Waals surface area contributed by atoms with Gasteiger partial charge in [-0.15, -0.1) is 10.2 Å². The Morgan fingerprint density at radius 3 is 2.88 bits per heavy atom. The lowest BCUT2D eigenvalue weighted by Gasteiger charge is -2.06. The van der Waals surface area contributed by atoms with Crippen molar-refractivity contribution in [2.45, 2.75) is 13.3 Å². The number of hydrogen-bond acceptors (Lipinski definition) is 6. The second kappa shape index (κ2) is 4.77. The maximum absolute atomic E-state index is 5.56. The number of nitrogens with two attached hydrogens (primary N) is 1. The van der Waals surface area contributed by atoms with Crippen LogP contribution in [0.4, 0.5) is 11.8 Å². The molecule has 0 aliphatic rings. The van der Waals surface area contributed by atoms with Crippen molar-refractivity contribution in [3.8, 4) is 0 Å². The van der Waals surface area contributed by atoms with E-state index in [1.807, 2.05) is 24.6 Å². The van der Waals surface area contributed by atoms with Crippen LogP contribution in [-0.4, -0.2) is 31.3 Å². The molecule has 0 fully saturated rings. The number of nitrogens with one attached hydrogen (secondary N) is 1. The van der Waals surface area contributed by atoms with E-state index >= 15 is 0 Å². The van der Waals surface area contributed by atoms with Crippen molar-refractivity contribution in [1.82, 2.24) is 24.7 Å². The molecule has 2 rings (SSSR count). The van der Waals surface area contributed by atoms with Gasteiger partial charge in [-0.2, -0.15) is 4.98 Å². The molecule has 0 aromatic carbocycles. The first-order valence-electron chi connectivity index (χ1n) is 5.33. The first-order valence-corrected chi connectivity index (χ1v) is 5.33. The largest absolute Gasteiger partial charge is 0.369 e. The maximum Gasteiger partial charge on any atom is 0.222 e. The molecule has 0 atom stereocenters. The third-order valence-corrected chi connectivity index (χ3v) is 2.33. The van der Waals surface area contributed by atoms with Gasteiger partial charge in [0.2, 0.25) is 5.95 Å². The molecular formula is C10H15N7. The molecule has 2 aromatic rings. The lowest BCUT2D eigenvalue weighted by Crippen LogP contribution is -2.11. The van der Waals surface area contributed by atoms with Gasteiger partial charge in [0.05, 0.1) is 0 Å². The first-order chi connectivity index (χ1) is 8.15. The van der Waals surface area contributed by atoms with Crippen molar-refractivity contribution in [3.05, 3.63) is 23.9 Å². The first kappa shape index (κ1) is 11.3. The fraction of sp³-hybridized carbons (Fsp3) is 0.400. The molecule has 7 nitrogen and oxygen atoms in total. The van der Waals surface area contributed by atoms with Gasteiger partial charge in [-0.1, -0.05) is 0 Å². The SMILES string of the molecule is Cc1cc(NCCc2nncn2C)nc(N)n1. The molecule has 0 spiro atoms. The average Bonchev–Trinajstić information content (AvgIpc) is 2.63. The van der Waals surface area contributed by atoms with Crippen molar-refractivity contribution in [1.29, 1.82) is 0 Å². The van der Waals surface area contributed by atoms with Crippen LogP contribution < -0.4 is 11.1 Å². The number of aryl methyl sites for hydroxylation is 2. The molecule has 7 heteroatoms. The van der Waals surface area contributed by atoms with E-state index in [9.17, 15) is 0 Å². The van der Waals surface area contributed by atoms with Gasteiger partial charge in [0.25, 0.3) is 0 Å². The average molecular weight is 233 g/mol. The van der Waals surface area contributed by atoms with E-state index in [0.29, 0.717) is 0 Å². The van der Waals surface area contributed by atoms with Crippen molar-refractivity contribution < 1.29 is 0 Å². The van der Waals surface area contributed by atoms with E-state index in [4.69, 9.17) is 5.73 Å². The van der Waals surface area contributed by atoms with Gasteiger partial charge in [0, 0.05) is 31.8 Å². The molecule has 0 unspecified atom stereocenters. The smallest absolute Gasteiger partial charge is 0.222 e. The summed E-state index contributed by atoms with van der Waals surface area (Å²) >= 11 is 0. The number of hydrogen-bond donors (Lipinski definition) is 2. The zero-order valence-corrected chi connectivity index (χ0v) is 9.88. The van der Waals surface area contributed by atoms with Crippen LogP contribution in [0.2, 0.25) is 0 Å². The Morgan fingerprint density at radius 2 is 2.24 bits per heavy atom. The monoisotopic (exact) mass is 233 g/mol. The number of aromatic nitrogens is 5. The maximum atomic E-state index is 5.56. The third-order valence-electron chi connectivity index (χ3n) is 2.33. The van der Waals surface area contributed by atoms with Crippen LogP contribution in [0.1, 0.15) is 11.5 Å². The quantitative estimate of drug-likeness (QED) is 0.780. The predicted molar refractivity (Wildman–Crippen MR) is 64.4 cm³/mol. The second-order valence-corrected chi connectivity index (χ2v) is 3.79. The highest BCUT2D eigenvalue weighted by atomic mass is 15.2. The number of anilines is 2. The van der Waals surface area contributed by atoms with E-state index in [1.165, 1.54) is 0 Å². The fourth-order valence-corrected chi connectivity index (χ4v) is 1.52. The Hall–Kier alpha value is -2.18. The lowest BCUT2D eigenvalue weighted by atomic mass is 10.3. The minimum absolute atomic E-state index is 0.283. The minimum atomic E-state index is 0.283. The van der Waals surface area contributed by atoms with E-state index in [2.05, 4.69) is 25.5 Å². The molecule has 3 N–H and O–H groups in total. The Kier molecular flexibility index (Phi) is 3.17. The van der Waals surface area contributed by atoms with Crippen LogP contribution in [-0.2, 0) is 13.5 Å². The third kappa shape index (κ3) is 2.90. The molecule has 90 valence electrons. The van der Waals surface area contributed by atoms with Crippen LogP contribution in [0, 0.1) is 6.92 Å². The summed E-state index contributed by atoms with van der Waals surface area (Å²) in [5.41, 5.74) is 6.41. The molecule has 0 aliphatic heterocycles. The Balaban J connectivity index is 1.92. The van der Waals surface area contributed by atoms with Gasteiger partial charge in [0.1, 0.15) is 18.0 Å². The summed E-state index contributed by atoms with van der Waals surface area (Å²) in [5.74, 6) is 1.94. The van der Waals surface area contributed by atoms with Gasteiger partial charge in [-0.05, 0) is 6.92 Å². The Labute approximate surface area is 99.1 Å². The summed E-state index contributed by atoms with van der Waals surface area (Å²) in [5, 5.41) is 11.0. The summed E-state index contributed by atoms with van der Waals surface area (Å²) in [7, 11) is 1.92. The standard InChI is InChI=1S/C10H15N7/c1-7-5-8(15-10(11)14-7)12-4-3-9-16-13-6-17(9)2/h5-6H,3-4H2,1-2H3,(H3,11,12,14,15). The van der Waals surface area contributed by atoms with Crippen LogP contribution in [0.15, 0.2) is 12.4 Å². The molecule has 0 radical (unpaired) electrons. The molecule has 2 aromatic heterocycles. The number of nitrogen functional groups attached to an aromatic ring is 1. The van der Waals surface area contributed by atoms with Gasteiger partial charge in [-0.3, -0.25) is 0 Å². The zero-order chi connectivity index (χ0) is 12.3. The summed E-state index contributed by atoms with van der Waals surface area (Å²) in [6, 6.07) is 1.85. The van der Waals surface area contributed by atoms with Gasteiger partial charge in [-0.25, -0.2) is 4.98 Å². The highest BCUT2D eigenvalue weighted by molar-refractivity contribution is 5.40. The molecule has 0 saturated heterocycles. The Bertz CT molecular complexity index is 485. The highest BCUT2D eigenvalue weighted by Gasteiger charge is 2.02. The van der Waals surface area contributed by atoms with E-state index in [0.717, 1.165) is 30.3 Å². The fourth-order valence-electron chi connectivity index (χ4n) is 1.52.